The van der Waals surface area contributed by atoms with E-state index in [1.807, 2.05) is 0 Å². The van der Waals surface area contributed by atoms with E-state index < -0.39 is 0 Å². The van der Waals surface area contributed by atoms with E-state index in [1.165, 1.54) is 6.07 Å². The van der Waals surface area contributed by atoms with E-state index in [-0.39, 0.29) is 23.6 Å². The zero-order valence-corrected chi connectivity index (χ0v) is 14.3. The first-order valence-corrected chi connectivity index (χ1v) is 9.21. The van der Waals surface area contributed by atoms with Crippen LogP contribution in [0, 0.1) is 0 Å². The molecular weight excluding hydrogens is 312 g/mol. The van der Waals surface area contributed by atoms with Crippen molar-refractivity contribution in [1.82, 2.24) is 10.2 Å². The highest BCUT2D eigenvalue weighted by molar-refractivity contribution is 7.99. The molecule has 2 rings (SSSR count). The van der Waals surface area contributed by atoms with Gasteiger partial charge in [-0.15, -0.1) is 0 Å². The van der Waals surface area contributed by atoms with E-state index in [9.17, 15) is 14.7 Å². The van der Waals surface area contributed by atoms with Gasteiger partial charge in [0.05, 0.1) is 11.3 Å². The molecule has 0 spiro atoms. The average molecular weight is 336 g/mol. The van der Waals surface area contributed by atoms with E-state index >= 15 is 0 Å². The highest BCUT2D eigenvalue weighted by Crippen LogP contribution is 2.20. The molecule has 1 heterocycles. The number of hydrogen-bond acceptors (Lipinski definition) is 4. The van der Waals surface area contributed by atoms with Crippen LogP contribution in [0.1, 0.15) is 36.5 Å². The zero-order chi connectivity index (χ0) is 16.7. The summed E-state index contributed by atoms with van der Waals surface area (Å²) in [4.78, 5) is 26.0. The Morgan fingerprint density at radius 2 is 2.00 bits per heavy atom. The van der Waals surface area contributed by atoms with Crippen LogP contribution in [0.5, 0.6) is 5.75 Å². The summed E-state index contributed by atoms with van der Waals surface area (Å²) < 4.78 is 0. The second-order valence-electron chi connectivity index (χ2n) is 5.70. The van der Waals surface area contributed by atoms with Crippen LogP contribution in [0.4, 0.5) is 0 Å². The highest BCUT2D eigenvalue weighted by Gasteiger charge is 2.25. The minimum Gasteiger partial charge on any atom is -0.507 e. The SMILES string of the molecule is CCCSCC(=O)NC1CCN(C(=O)c2ccccc2O)CC1. The molecule has 0 saturated carbocycles. The first kappa shape index (κ1) is 17.7. The Balaban J connectivity index is 1.79. The van der Waals surface area contributed by atoms with Crippen LogP contribution < -0.4 is 5.32 Å². The largest absolute Gasteiger partial charge is 0.507 e. The van der Waals surface area contributed by atoms with Crippen molar-refractivity contribution in [3.05, 3.63) is 29.8 Å². The number of likely N-dealkylation sites (tertiary alicyclic amines) is 1. The number of para-hydroxylation sites is 1. The van der Waals surface area contributed by atoms with Crippen LogP contribution >= 0.6 is 11.8 Å². The smallest absolute Gasteiger partial charge is 0.257 e. The van der Waals surface area contributed by atoms with Gasteiger partial charge in [-0.25, -0.2) is 0 Å². The van der Waals surface area contributed by atoms with Crippen LogP contribution in [0.15, 0.2) is 24.3 Å². The number of nitrogens with zero attached hydrogens (tertiary/aromatic N) is 1. The van der Waals surface area contributed by atoms with Gasteiger partial charge in [0, 0.05) is 19.1 Å². The molecule has 1 aliphatic rings. The number of phenolic OH excluding ortho intramolecular Hbond substituents is 1. The lowest BCUT2D eigenvalue weighted by molar-refractivity contribution is -0.119. The topological polar surface area (TPSA) is 69.6 Å². The van der Waals surface area contributed by atoms with Crippen LogP contribution in [0.25, 0.3) is 0 Å². The molecule has 0 aromatic heterocycles. The van der Waals surface area contributed by atoms with Crippen molar-refractivity contribution < 1.29 is 14.7 Å². The molecule has 0 atom stereocenters. The predicted molar refractivity (Wildman–Crippen MR) is 92.8 cm³/mol. The second-order valence-corrected chi connectivity index (χ2v) is 6.81. The average Bonchev–Trinajstić information content (AvgIpc) is 2.56. The normalized spacial score (nSPS) is 15.4. The van der Waals surface area contributed by atoms with Gasteiger partial charge in [-0.2, -0.15) is 11.8 Å². The van der Waals surface area contributed by atoms with Crippen molar-refractivity contribution in [3.8, 4) is 5.75 Å². The molecule has 23 heavy (non-hydrogen) atoms. The molecule has 1 aliphatic heterocycles. The highest BCUT2D eigenvalue weighted by atomic mass is 32.2. The van der Waals surface area contributed by atoms with Crippen molar-refractivity contribution >= 4 is 23.6 Å². The van der Waals surface area contributed by atoms with Gasteiger partial charge in [0.2, 0.25) is 5.91 Å². The molecule has 1 fully saturated rings. The van der Waals surface area contributed by atoms with E-state index in [0.29, 0.717) is 24.4 Å². The molecule has 0 aliphatic carbocycles. The fourth-order valence-electron chi connectivity index (χ4n) is 2.63. The number of phenols is 1. The number of aromatic hydroxyl groups is 1. The van der Waals surface area contributed by atoms with Gasteiger partial charge in [0.15, 0.2) is 0 Å². The Bertz CT molecular complexity index is 542. The van der Waals surface area contributed by atoms with Gasteiger partial charge in [-0.1, -0.05) is 19.1 Å². The van der Waals surface area contributed by atoms with Crippen LogP contribution in [0.3, 0.4) is 0 Å². The first-order chi connectivity index (χ1) is 11.1. The first-order valence-electron chi connectivity index (χ1n) is 8.06. The summed E-state index contributed by atoms with van der Waals surface area (Å²) >= 11 is 1.65. The van der Waals surface area contributed by atoms with Crippen molar-refractivity contribution in [3.63, 3.8) is 0 Å². The van der Waals surface area contributed by atoms with Gasteiger partial charge in [0.1, 0.15) is 5.75 Å². The molecule has 2 N–H and O–H groups in total. The fourth-order valence-corrected chi connectivity index (χ4v) is 3.33. The molecule has 0 radical (unpaired) electrons. The van der Waals surface area contributed by atoms with Gasteiger partial charge in [-0.3, -0.25) is 9.59 Å². The van der Waals surface area contributed by atoms with E-state index in [0.717, 1.165) is 25.0 Å². The molecule has 0 bridgehead atoms. The van der Waals surface area contributed by atoms with Crippen molar-refractivity contribution in [2.75, 3.05) is 24.6 Å². The monoisotopic (exact) mass is 336 g/mol. The molecule has 5 nitrogen and oxygen atoms in total. The van der Waals surface area contributed by atoms with Crippen LogP contribution in [0.2, 0.25) is 0 Å². The maximum absolute atomic E-state index is 12.4. The minimum absolute atomic E-state index is 0.0147. The van der Waals surface area contributed by atoms with Gasteiger partial charge < -0.3 is 15.3 Å². The van der Waals surface area contributed by atoms with E-state index in [4.69, 9.17) is 0 Å². The summed E-state index contributed by atoms with van der Waals surface area (Å²) in [6.07, 6.45) is 2.58. The molecule has 1 aromatic rings. The Hall–Kier alpha value is -1.69. The lowest BCUT2D eigenvalue weighted by atomic mass is 10.0. The van der Waals surface area contributed by atoms with Crippen molar-refractivity contribution in [2.45, 2.75) is 32.2 Å². The lowest BCUT2D eigenvalue weighted by Crippen LogP contribution is -2.47. The minimum atomic E-state index is -0.147. The Labute approximate surface area is 141 Å². The zero-order valence-electron chi connectivity index (χ0n) is 13.5. The molecule has 6 heteroatoms. The third-order valence-corrected chi connectivity index (χ3v) is 5.03. The molecule has 1 aromatic carbocycles. The summed E-state index contributed by atoms with van der Waals surface area (Å²) in [7, 11) is 0. The standard InChI is InChI=1S/C17H24N2O3S/c1-2-11-23-12-16(21)18-13-7-9-19(10-8-13)17(22)14-5-3-4-6-15(14)20/h3-6,13,20H,2,7-12H2,1H3,(H,18,21). The summed E-state index contributed by atoms with van der Waals surface area (Å²) in [6, 6.07) is 6.74. The van der Waals surface area contributed by atoms with Gasteiger partial charge in [-0.05, 0) is 37.1 Å². The number of amides is 2. The number of nitrogens with one attached hydrogen (secondary N) is 1. The summed E-state index contributed by atoms with van der Waals surface area (Å²) in [5.74, 6) is 1.45. The number of carbonyl (C=O) groups is 2. The number of thioether (sulfide) groups is 1. The molecule has 1 saturated heterocycles. The molecule has 2 amide bonds. The van der Waals surface area contributed by atoms with E-state index in [2.05, 4.69) is 12.2 Å². The predicted octanol–water partition coefficient (Wildman–Crippen LogP) is 2.26. The summed E-state index contributed by atoms with van der Waals surface area (Å²) in [5, 5.41) is 12.8. The maximum atomic E-state index is 12.4. The summed E-state index contributed by atoms with van der Waals surface area (Å²) in [6.45, 7) is 3.29. The molecule has 0 unspecified atom stereocenters. The Kier molecular flexibility index (Phi) is 6.77. The number of carbonyl (C=O) groups excluding carboxylic acids is 2. The Morgan fingerprint density at radius 3 is 2.65 bits per heavy atom. The van der Waals surface area contributed by atoms with Crippen molar-refractivity contribution in [1.29, 1.82) is 0 Å². The van der Waals surface area contributed by atoms with Gasteiger partial charge >= 0.3 is 0 Å². The number of rotatable bonds is 6. The number of piperidine rings is 1. The third kappa shape index (κ3) is 5.16. The van der Waals surface area contributed by atoms with E-state index in [1.54, 1.807) is 34.9 Å². The third-order valence-electron chi connectivity index (χ3n) is 3.86. The lowest BCUT2D eigenvalue weighted by Gasteiger charge is -2.32. The summed E-state index contributed by atoms with van der Waals surface area (Å²) in [5.41, 5.74) is 0.339. The van der Waals surface area contributed by atoms with Gasteiger partial charge in [0.25, 0.3) is 5.91 Å². The number of hydrogen-bond donors (Lipinski definition) is 2. The quantitative estimate of drug-likeness (QED) is 0.782. The molecular formula is C17H24N2O3S. The second kappa shape index (κ2) is 8.82. The fraction of sp³-hybridized carbons (Fsp3) is 0.529. The van der Waals surface area contributed by atoms with Crippen LogP contribution in [-0.4, -0.2) is 52.5 Å². The van der Waals surface area contributed by atoms with Crippen molar-refractivity contribution in [2.24, 2.45) is 0 Å². The molecule has 126 valence electrons. The number of benzene rings is 1. The van der Waals surface area contributed by atoms with Crippen LogP contribution in [-0.2, 0) is 4.79 Å². The maximum Gasteiger partial charge on any atom is 0.257 e. The Morgan fingerprint density at radius 1 is 1.30 bits per heavy atom.